The van der Waals surface area contributed by atoms with Crippen molar-refractivity contribution in [1.29, 1.82) is 0 Å². The van der Waals surface area contributed by atoms with Crippen molar-refractivity contribution in [3.8, 4) is 11.5 Å². The van der Waals surface area contributed by atoms with Gasteiger partial charge < -0.3 is 20.3 Å². The van der Waals surface area contributed by atoms with Gasteiger partial charge in [0.15, 0.2) is 0 Å². The van der Waals surface area contributed by atoms with E-state index in [4.69, 9.17) is 20.3 Å². The zero-order valence-electron chi connectivity index (χ0n) is 10.5. The quantitative estimate of drug-likeness (QED) is 0.713. The van der Waals surface area contributed by atoms with Gasteiger partial charge in [0.05, 0.1) is 14.2 Å². The fourth-order valence-electron chi connectivity index (χ4n) is 1.76. The summed E-state index contributed by atoms with van der Waals surface area (Å²) in [5.41, 5.74) is 7.08. The van der Waals surface area contributed by atoms with E-state index in [2.05, 4.69) is 0 Å². The van der Waals surface area contributed by atoms with Gasteiger partial charge in [-0.05, 0) is 25.3 Å². The second-order valence-electron chi connectivity index (χ2n) is 3.93. The van der Waals surface area contributed by atoms with Gasteiger partial charge >= 0.3 is 0 Å². The Hall–Kier alpha value is -1.26. The number of unbranched alkanes of at least 4 members (excludes halogenated alkanes) is 1. The highest BCUT2D eigenvalue weighted by molar-refractivity contribution is 5.42. The molecule has 0 fully saturated rings. The largest absolute Gasteiger partial charge is 0.497 e. The molecule has 0 bridgehead atoms. The van der Waals surface area contributed by atoms with E-state index >= 15 is 0 Å². The van der Waals surface area contributed by atoms with Gasteiger partial charge in [0.1, 0.15) is 11.5 Å². The molecule has 1 aromatic carbocycles. The summed E-state index contributed by atoms with van der Waals surface area (Å²) < 4.78 is 10.4. The Bertz CT molecular complexity index is 341. The molecule has 0 aliphatic heterocycles. The van der Waals surface area contributed by atoms with Gasteiger partial charge in [-0.2, -0.15) is 0 Å². The number of ether oxygens (including phenoxy) is 2. The Morgan fingerprint density at radius 1 is 1.24 bits per heavy atom. The lowest BCUT2D eigenvalue weighted by atomic mass is 10.0. The Balaban J connectivity index is 2.74. The van der Waals surface area contributed by atoms with Crippen molar-refractivity contribution in [3.63, 3.8) is 0 Å². The fourth-order valence-corrected chi connectivity index (χ4v) is 1.76. The molecule has 0 radical (unpaired) electrons. The molecule has 0 aliphatic carbocycles. The van der Waals surface area contributed by atoms with Crippen LogP contribution in [0.4, 0.5) is 0 Å². The minimum absolute atomic E-state index is 0.0672. The number of benzene rings is 1. The van der Waals surface area contributed by atoms with E-state index in [1.165, 1.54) is 0 Å². The van der Waals surface area contributed by atoms with Crippen LogP contribution in [0, 0.1) is 0 Å². The second-order valence-corrected chi connectivity index (χ2v) is 3.93. The average molecular weight is 239 g/mol. The van der Waals surface area contributed by atoms with Crippen LogP contribution in [0.2, 0.25) is 0 Å². The van der Waals surface area contributed by atoms with Crippen molar-refractivity contribution in [3.05, 3.63) is 23.8 Å². The lowest BCUT2D eigenvalue weighted by Crippen LogP contribution is -2.11. The smallest absolute Gasteiger partial charge is 0.127 e. The maximum absolute atomic E-state index is 8.74. The zero-order chi connectivity index (χ0) is 12.7. The molecule has 0 saturated carbocycles. The highest BCUT2D eigenvalue weighted by atomic mass is 16.5. The van der Waals surface area contributed by atoms with Crippen LogP contribution in [-0.2, 0) is 0 Å². The average Bonchev–Trinajstić information content (AvgIpc) is 2.38. The van der Waals surface area contributed by atoms with Gasteiger partial charge in [-0.1, -0.05) is 6.07 Å². The van der Waals surface area contributed by atoms with Crippen LogP contribution in [-0.4, -0.2) is 25.9 Å². The van der Waals surface area contributed by atoms with Crippen LogP contribution in [0.3, 0.4) is 0 Å². The summed E-state index contributed by atoms with van der Waals surface area (Å²) in [7, 11) is 3.24. The standard InChI is InChI=1S/C13H21NO3/c1-16-10-6-7-11(13(9-10)17-2)12(14)5-3-4-8-15/h6-7,9,12,15H,3-5,8,14H2,1-2H3. The molecule has 1 aromatic rings. The Labute approximate surface area is 102 Å². The lowest BCUT2D eigenvalue weighted by molar-refractivity contribution is 0.281. The third-order valence-corrected chi connectivity index (χ3v) is 2.76. The normalized spacial score (nSPS) is 12.2. The number of aliphatic hydroxyl groups is 1. The van der Waals surface area contributed by atoms with Crippen molar-refractivity contribution < 1.29 is 14.6 Å². The SMILES string of the molecule is COc1ccc(C(N)CCCCO)c(OC)c1. The van der Waals surface area contributed by atoms with E-state index in [0.717, 1.165) is 36.3 Å². The Kier molecular flexibility index (Phi) is 5.80. The van der Waals surface area contributed by atoms with E-state index in [0.29, 0.717) is 0 Å². The molecule has 0 aromatic heterocycles. The van der Waals surface area contributed by atoms with Crippen LogP contribution in [0.25, 0.3) is 0 Å². The summed E-state index contributed by atoms with van der Waals surface area (Å²) in [6, 6.07) is 5.58. The van der Waals surface area contributed by atoms with Gasteiger partial charge in [-0.3, -0.25) is 0 Å². The van der Waals surface area contributed by atoms with E-state index in [1.54, 1.807) is 14.2 Å². The molecule has 0 spiro atoms. The third-order valence-electron chi connectivity index (χ3n) is 2.76. The molecular formula is C13H21NO3. The first-order chi connectivity index (χ1) is 8.22. The molecule has 96 valence electrons. The van der Waals surface area contributed by atoms with Gasteiger partial charge in [0.25, 0.3) is 0 Å². The molecule has 4 nitrogen and oxygen atoms in total. The monoisotopic (exact) mass is 239 g/mol. The van der Waals surface area contributed by atoms with Crippen molar-refractivity contribution >= 4 is 0 Å². The van der Waals surface area contributed by atoms with Crippen LogP contribution >= 0.6 is 0 Å². The van der Waals surface area contributed by atoms with E-state index in [-0.39, 0.29) is 12.6 Å². The lowest BCUT2D eigenvalue weighted by Gasteiger charge is -2.16. The highest BCUT2D eigenvalue weighted by Crippen LogP contribution is 2.30. The summed E-state index contributed by atoms with van der Waals surface area (Å²) in [4.78, 5) is 0. The summed E-state index contributed by atoms with van der Waals surface area (Å²) >= 11 is 0. The van der Waals surface area contributed by atoms with Crippen LogP contribution < -0.4 is 15.2 Å². The Morgan fingerprint density at radius 3 is 2.59 bits per heavy atom. The molecule has 0 aliphatic rings. The molecule has 1 rings (SSSR count). The summed E-state index contributed by atoms with van der Waals surface area (Å²) in [6.45, 7) is 0.215. The summed E-state index contributed by atoms with van der Waals surface area (Å²) in [5, 5.41) is 8.74. The third kappa shape index (κ3) is 3.91. The first-order valence-corrected chi connectivity index (χ1v) is 5.81. The summed E-state index contributed by atoms with van der Waals surface area (Å²) in [6.07, 6.45) is 2.53. The molecule has 1 atom stereocenters. The summed E-state index contributed by atoms with van der Waals surface area (Å²) in [5.74, 6) is 1.51. The minimum Gasteiger partial charge on any atom is -0.497 e. The van der Waals surface area contributed by atoms with Crippen molar-refractivity contribution in [2.24, 2.45) is 5.73 Å². The van der Waals surface area contributed by atoms with Crippen LogP contribution in [0.1, 0.15) is 30.9 Å². The van der Waals surface area contributed by atoms with Gasteiger partial charge in [0.2, 0.25) is 0 Å². The predicted octanol–water partition coefficient (Wildman–Crippen LogP) is 1.87. The van der Waals surface area contributed by atoms with Gasteiger partial charge in [-0.25, -0.2) is 0 Å². The van der Waals surface area contributed by atoms with Gasteiger partial charge in [-0.15, -0.1) is 0 Å². The highest BCUT2D eigenvalue weighted by Gasteiger charge is 2.12. The number of rotatable bonds is 7. The molecule has 3 N–H and O–H groups in total. The van der Waals surface area contributed by atoms with Crippen molar-refractivity contribution in [2.45, 2.75) is 25.3 Å². The minimum atomic E-state index is -0.0672. The number of nitrogens with two attached hydrogens (primary N) is 1. The van der Waals surface area contributed by atoms with E-state index in [9.17, 15) is 0 Å². The molecule has 0 amide bonds. The van der Waals surface area contributed by atoms with E-state index in [1.807, 2.05) is 18.2 Å². The first-order valence-electron chi connectivity index (χ1n) is 5.81. The number of hydrogen-bond acceptors (Lipinski definition) is 4. The molecule has 0 heterocycles. The molecule has 1 unspecified atom stereocenters. The number of methoxy groups -OCH3 is 2. The maximum Gasteiger partial charge on any atom is 0.127 e. The molecule has 17 heavy (non-hydrogen) atoms. The van der Waals surface area contributed by atoms with Crippen molar-refractivity contribution in [2.75, 3.05) is 20.8 Å². The van der Waals surface area contributed by atoms with Gasteiger partial charge in [0, 0.05) is 24.3 Å². The topological polar surface area (TPSA) is 64.7 Å². The molecule has 0 saturated heterocycles. The van der Waals surface area contributed by atoms with Crippen LogP contribution in [0.5, 0.6) is 11.5 Å². The molecular weight excluding hydrogens is 218 g/mol. The first kappa shape index (κ1) is 13.8. The number of hydrogen-bond donors (Lipinski definition) is 2. The maximum atomic E-state index is 8.74. The zero-order valence-corrected chi connectivity index (χ0v) is 10.5. The second kappa shape index (κ2) is 7.14. The van der Waals surface area contributed by atoms with Crippen molar-refractivity contribution in [1.82, 2.24) is 0 Å². The predicted molar refractivity (Wildman–Crippen MR) is 67.4 cm³/mol. The van der Waals surface area contributed by atoms with Crippen LogP contribution in [0.15, 0.2) is 18.2 Å². The molecule has 4 heteroatoms. The fraction of sp³-hybridized carbons (Fsp3) is 0.538. The number of aliphatic hydroxyl groups excluding tert-OH is 1. The Morgan fingerprint density at radius 2 is 2.00 bits per heavy atom. The van der Waals surface area contributed by atoms with E-state index < -0.39 is 0 Å².